The molecule has 0 bridgehead atoms. The van der Waals surface area contributed by atoms with Gasteiger partial charge >= 0.3 is 0 Å². The summed E-state index contributed by atoms with van der Waals surface area (Å²) in [6.45, 7) is 8.46. The summed E-state index contributed by atoms with van der Waals surface area (Å²) in [6.07, 6.45) is 2.90. The minimum Gasteiger partial charge on any atom is -0.338 e. The molecule has 4 rings (SSSR count). The highest BCUT2D eigenvalue weighted by Crippen LogP contribution is 2.26. The zero-order valence-corrected chi connectivity index (χ0v) is 18.5. The molecule has 3 heterocycles. The SMILES string of the molecule is CC(C)CC(=O)N1Cc2ccccc2CC1C(=O)N1CCN(Cc2ccccn2)CC1. The van der Waals surface area contributed by atoms with Gasteiger partial charge in [0.1, 0.15) is 6.04 Å². The summed E-state index contributed by atoms with van der Waals surface area (Å²) in [4.78, 5) is 37.1. The van der Waals surface area contributed by atoms with E-state index in [-0.39, 0.29) is 17.7 Å². The Morgan fingerprint density at radius 2 is 1.71 bits per heavy atom. The van der Waals surface area contributed by atoms with Gasteiger partial charge in [-0.05, 0) is 29.2 Å². The normalized spacial score (nSPS) is 19.4. The van der Waals surface area contributed by atoms with Gasteiger partial charge in [0.2, 0.25) is 11.8 Å². The molecule has 1 fully saturated rings. The van der Waals surface area contributed by atoms with Crippen molar-refractivity contribution < 1.29 is 9.59 Å². The number of nitrogens with zero attached hydrogens (tertiary/aromatic N) is 4. The Bertz CT molecular complexity index is 907. The van der Waals surface area contributed by atoms with Crippen LogP contribution in [0.3, 0.4) is 0 Å². The van der Waals surface area contributed by atoms with Crippen LogP contribution in [0.5, 0.6) is 0 Å². The summed E-state index contributed by atoms with van der Waals surface area (Å²) < 4.78 is 0. The van der Waals surface area contributed by atoms with Gasteiger partial charge in [-0.15, -0.1) is 0 Å². The number of benzene rings is 1. The van der Waals surface area contributed by atoms with Crippen molar-refractivity contribution in [1.82, 2.24) is 19.7 Å². The highest BCUT2D eigenvalue weighted by Gasteiger charge is 2.37. The number of aromatic nitrogens is 1. The van der Waals surface area contributed by atoms with E-state index in [2.05, 4.69) is 22.0 Å². The Morgan fingerprint density at radius 3 is 2.39 bits per heavy atom. The fraction of sp³-hybridized carbons (Fsp3) is 0.480. The molecule has 2 aromatic rings. The molecule has 1 saturated heterocycles. The Morgan fingerprint density at radius 1 is 1.00 bits per heavy atom. The van der Waals surface area contributed by atoms with Crippen molar-refractivity contribution in [3.8, 4) is 0 Å². The topological polar surface area (TPSA) is 56.8 Å². The molecule has 164 valence electrons. The molecular formula is C25H32N4O2. The van der Waals surface area contributed by atoms with E-state index in [1.165, 1.54) is 5.56 Å². The summed E-state index contributed by atoms with van der Waals surface area (Å²) in [7, 11) is 0. The number of amides is 2. The maximum atomic E-state index is 13.5. The molecular weight excluding hydrogens is 388 g/mol. The third-order valence-electron chi connectivity index (χ3n) is 6.23. The van der Waals surface area contributed by atoms with Gasteiger partial charge in [-0.1, -0.05) is 44.2 Å². The molecule has 1 aromatic heterocycles. The highest BCUT2D eigenvalue weighted by molar-refractivity contribution is 5.88. The summed E-state index contributed by atoms with van der Waals surface area (Å²) in [6, 6.07) is 13.8. The largest absolute Gasteiger partial charge is 0.338 e. The number of hydrogen-bond donors (Lipinski definition) is 0. The number of fused-ring (bicyclic) bond motifs is 1. The van der Waals surface area contributed by atoms with Crippen molar-refractivity contribution in [2.75, 3.05) is 26.2 Å². The molecule has 6 heteroatoms. The van der Waals surface area contributed by atoms with Crippen molar-refractivity contribution in [3.05, 3.63) is 65.5 Å². The number of hydrogen-bond acceptors (Lipinski definition) is 4. The lowest BCUT2D eigenvalue weighted by Crippen LogP contribution is -2.57. The first-order chi connectivity index (χ1) is 15.0. The van der Waals surface area contributed by atoms with Crippen LogP contribution >= 0.6 is 0 Å². The molecule has 6 nitrogen and oxygen atoms in total. The number of carbonyl (C=O) groups is 2. The molecule has 2 amide bonds. The predicted octanol–water partition coefficient (Wildman–Crippen LogP) is 2.73. The smallest absolute Gasteiger partial charge is 0.245 e. The van der Waals surface area contributed by atoms with E-state index in [1.807, 2.05) is 60.2 Å². The van der Waals surface area contributed by atoms with Crippen LogP contribution in [0, 0.1) is 5.92 Å². The average molecular weight is 421 g/mol. The number of piperazine rings is 1. The third-order valence-corrected chi connectivity index (χ3v) is 6.23. The summed E-state index contributed by atoms with van der Waals surface area (Å²) in [5.74, 6) is 0.441. The van der Waals surface area contributed by atoms with Crippen LogP contribution in [0.1, 0.15) is 37.1 Å². The first-order valence-electron chi connectivity index (χ1n) is 11.3. The van der Waals surface area contributed by atoms with Crippen LogP contribution in [-0.2, 0) is 29.1 Å². The monoisotopic (exact) mass is 420 g/mol. The lowest BCUT2D eigenvalue weighted by atomic mass is 9.92. The number of pyridine rings is 1. The molecule has 31 heavy (non-hydrogen) atoms. The first kappa shape index (κ1) is 21.5. The van der Waals surface area contributed by atoms with E-state index in [1.54, 1.807) is 0 Å². The Hall–Kier alpha value is -2.73. The highest BCUT2D eigenvalue weighted by atomic mass is 16.2. The molecule has 0 spiro atoms. The summed E-state index contributed by atoms with van der Waals surface area (Å²) in [5.41, 5.74) is 3.39. The molecule has 1 atom stereocenters. The Labute approximate surface area is 184 Å². The lowest BCUT2D eigenvalue weighted by Gasteiger charge is -2.41. The number of rotatable bonds is 5. The zero-order chi connectivity index (χ0) is 21.8. The van der Waals surface area contributed by atoms with Gasteiger partial charge < -0.3 is 9.80 Å². The second kappa shape index (κ2) is 9.60. The van der Waals surface area contributed by atoms with Gasteiger partial charge in [-0.2, -0.15) is 0 Å². The quantitative estimate of drug-likeness (QED) is 0.746. The van der Waals surface area contributed by atoms with Crippen molar-refractivity contribution in [1.29, 1.82) is 0 Å². The van der Waals surface area contributed by atoms with Crippen molar-refractivity contribution in [3.63, 3.8) is 0 Å². The number of carbonyl (C=O) groups excluding carboxylic acids is 2. The van der Waals surface area contributed by atoms with Gasteiger partial charge in [-0.25, -0.2) is 0 Å². The fourth-order valence-electron chi connectivity index (χ4n) is 4.53. The Kier molecular flexibility index (Phi) is 6.66. The minimum atomic E-state index is -0.400. The van der Waals surface area contributed by atoms with Crippen molar-refractivity contribution in [2.24, 2.45) is 5.92 Å². The van der Waals surface area contributed by atoms with Crippen LogP contribution in [-0.4, -0.2) is 63.7 Å². The van der Waals surface area contributed by atoms with Crippen molar-refractivity contribution >= 4 is 11.8 Å². The molecule has 2 aliphatic heterocycles. The van der Waals surface area contributed by atoms with E-state index < -0.39 is 6.04 Å². The third kappa shape index (κ3) is 5.13. The van der Waals surface area contributed by atoms with E-state index in [4.69, 9.17) is 0 Å². The molecule has 0 aliphatic carbocycles. The van der Waals surface area contributed by atoms with Crippen LogP contribution in [0.2, 0.25) is 0 Å². The van der Waals surface area contributed by atoms with Gasteiger partial charge in [0.05, 0.1) is 5.69 Å². The van der Waals surface area contributed by atoms with Crippen LogP contribution in [0.25, 0.3) is 0 Å². The molecule has 1 unspecified atom stereocenters. The zero-order valence-electron chi connectivity index (χ0n) is 18.5. The van der Waals surface area contributed by atoms with Gasteiger partial charge in [-0.3, -0.25) is 19.5 Å². The molecule has 0 radical (unpaired) electrons. The van der Waals surface area contributed by atoms with Gasteiger partial charge in [0, 0.05) is 58.3 Å². The van der Waals surface area contributed by atoms with Gasteiger partial charge in [0.25, 0.3) is 0 Å². The van der Waals surface area contributed by atoms with E-state index >= 15 is 0 Å². The van der Waals surface area contributed by atoms with Crippen LogP contribution in [0.4, 0.5) is 0 Å². The molecule has 1 aromatic carbocycles. The van der Waals surface area contributed by atoms with Crippen LogP contribution in [0.15, 0.2) is 48.7 Å². The van der Waals surface area contributed by atoms with Crippen molar-refractivity contribution in [2.45, 2.75) is 45.8 Å². The first-order valence-corrected chi connectivity index (χ1v) is 11.3. The Balaban J connectivity index is 1.43. The predicted molar refractivity (Wildman–Crippen MR) is 120 cm³/mol. The molecule has 0 N–H and O–H groups in total. The molecule has 0 saturated carbocycles. The second-order valence-corrected chi connectivity index (χ2v) is 9.03. The van der Waals surface area contributed by atoms with E-state index in [9.17, 15) is 9.59 Å². The minimum absolute atomic E-state index is 0.0802. The maximum Gasteiger partial charge on any atom is 0.245 e. The standard InChI is InChI=1S/C25H32N4O2/c1-19(2)15-24(30)29-17-21-8-4-3-7-20(21)16-23(29)25(31)28-13-11-27(12-14-28)18-22-9-5-6-10-26-22/h3-10,19,23H,11-18H2,1-2H3. The van der Waals surface area contributed by atoms with Crippen LogP contribution < -0.4 is 0 Å². The average Bonchev–Trinajstić information content (AvgIpc) is 2.78. The molecule has 2 aliphatic rings. The van der Waals surface area contributed by atoms with E-state index in [0.29, 0.717) is 32.5 Å². The summed E-state index contributed by atoms with van der Waals surface area (Å²) in [5, 5.41) is 0. The maximum absolute atomic E-state index is 13.5. The second-order valence-electron chi connectivity index (χ2n) is 9.03. The van der Waals surface area contributed by atoms with E-state index in [0.717, 1.165) is 30.9 Å². The fourth-order valence-corrected chi connectivity index (χ4v) is 4.53. The van der Waals surface area contributed by atoms with Gasteiger partial charge in [0.15, 0.2) is 0 Å². The summed E-state index contributed by atoms with van der Waals surface area (Å²) >= 11 is 0. The lowest BCUT2D eigenvalue weighted by molar-refractivity contribution is -0.148.